The van der Waals surface area contributed by atoms with Crippen LogP contribution in [0.15, 0.2) is 12.1 Å². The van der Waals surface area contributed by atoms with Crippen molar-refractivity contribution in [1.29, 1.82) is 0 Å². The monoisotopic (exact) mass is 318 g/mol. The zero-order chi connectivity index (χ0) is 15.2. The van der Waals surface area contributed by atoms with Gasteiger partial charge in [-0.05, 0) is 32.4 Å². The molecule has 0 fully saturated rings. The molecule has 1 aromatic rings. The molecule has 1 aromatic heterocycles. The number of aryl methyl sites for hydroxylation is 1. The van der Waals surface area contributed by atoms with Crippen molar-refractivity contribution in [2.45, 2.75) is 32.7 Å². The van der Waals surface area contributed by atoms with Crippen molar-refractivity contribution in [3.05, 3.63) is 21.9 Å². The predicted molar refractivity (Wildman–Crippen MR) is 83.1 cm³/mol. The summed E-state index contributed by atoms with van der Waals surface area (Å²) in [6, 6.07) is 3.93. The standard InChI is InChI=1S/C13H22N2O3S2/c1-10(9-12-6-5-11(2)19-12)15-13(16)14-7-4-8-20(3,17)18/h5-6,10H,4,7-9H2,1-3H3,(H2,14,15,16)/t10-/m0/s1. The number of rotatable bonds is 7. The van der Waals surface area contributed by atoms with Crippen LogP contribution in [0.25, 0.3) is 0 Å². The molecule has 0 saturated carbocycles. The molecule has 0 bridgehead atoms. The number of thiophene rings is 1. The molecule has 0 unspecified atom stereocenters. The van der Waals surface area contributed by atoms with Crippen LogP contribution in [0.4, 0.5) is 4.79 Å². The molecule has 0 aromatic carbocycles. The van der Waals surface area contributed by atoms with E-state index in [2.05, 4.69) is 29.7 Å². The molecule has 5 nitrogen and oxygen atoms in total. The lowest BCUT2D eigenvalue weighted by Gasteiger charge is -2.13. The SMILES string of the molecule is Cc1ccc(C[C@H](C)NC(=O)NCCCS(C)(=O)=O)s1. The van der Waals surface area contributed by atoms with Crippen molar-refractivity contribution in [2.24, 2.45) is 0 Å². The van der Waals surface area contributed by atoms with Gasteiger partial charge < -0.3 is 10.6 Å². The Kier molecular flexibility index (Phi) is 6.48. The van der Waals surface area contributed by atoms with Gasteiger partial charge in [0.1, 0.15) is 9.84 Å². The second-order valence-electron chi connectivity index (χ2n) is 5.00. The van der Waals surface area contributed by atoms with Crippen LogP contribution in [0.3, 0.4) is 0 Å². The first kappa shape index (κ1) is 17.0. The first-order valence-electron chi connectivity index (χ1n) is 6.53. The molecule has 1 rings (SSSR count). The van der Waals surface area contributed by atoms with Crippen LogP contribution in [0, 0.1) is 6.92 Å². The number of nitrogens with one attached hydrogen (secondary N) is 2. The van der Waals surface area contributed by atoms with E-state index in [0.717, 1.165) is 6.42 Å². The highest BCUT2D eigenvalue weighted by atomic mass is 32.2. The molecular formula is C13H22N2O3S2. The van der Waals surface area contributed by atoms with Crippen molar-refractivity contribution in [2.75, 3.05) is 18.6 Å². The third kappa shape index (κ3) is 7.49. The maximum Gasteiger partial charge on any atom is 0.315 e. The Hall–Kier alpha value is -1.08. The summed E-state index contributed by atoms with van der Waals surface area (Å²) < 4.78 is 21.9. The van der Waals surface area contributed by atoms with Gasteiger partial charge in [-0.3, -0.25) is 0 Å². The highest BCUT2D eigenvalue weighted by molar-refractivity contribution is 7.90. The van der Waals surface area contributed by atoms with E-state index in [9.17, 15) is 13.2 Å². The Morgan fingerprint density at radius 3 is 2.65 bits per heavy atom. The van der Waals surface area contributed by atoms with E-state index in [1.165, 1.54) is 16.0 Å². The van der Waals surface area contributed by atoms with Gasteiger partial charge >= 0.3 is 6.03 Å². The number of sulfone groups is 1. The minimum atomic E-state index is -2.95. The van der Waals surface area contributed by atoms with Gasteiger partial charge in [0.15, 0.2) is 0 Å². The second-order valence-corrected chi connectivity index (χ2v) is 8.63. The van der Waals surface area contributed by atoms with E-state index in [4.69, 9.17) is 0 Å². The number of carbonyl (C=O) groups is 1. The van der Waals surface area contributed by atoms with Crippen LogP contribution < -0.4 is 10.6 Å². The fraction of sp³-hybridized carbons (Fsp3) is 0.615. The molecule has 0 spiro atoms. The first-order valence-corrected chi connectivity index (χ1v) is 9.41. The summed E-state index contributed by atoms with van der Waals surface area (Å²) in [6.45, 7) is 4.37. The lowest BCUT2D eigenvalue weighted by Crippen LogP contribution is -2.42. The van der Waals surface area contributed by atoms with Crippen LogP contribution >= 0.6 is 11.3 Å². The Balaban J connectivity index is 2.21. The van der Waals surface area contributed by atoms with Gasteiger partial charge in [0.2, 0.25) is 0 Å². The molecule has 2 amide bonds. The Bertz CT molecular complexity index is 538. The summed E-state index contributed by atoms with van der Waals surface area (Å²) in [7, 11) is -2.95. The zero-order valence-corrected chi connectivity index (χ0v) is 13.7. The molecule has 20 heavy (non-hydrogen) atoms. The second kappa shape index (κ2) is 7.64. The average Bonchev–Trinajstić information content (AvgIpc) is 2.68. The molecular weight excluding hydrogens is 296 g/mol. The number of hydrogen-bond acceptors (Lipinski definition) is 4. The van der Waals surface area contributed by atoms with Crippen molar-refractivity contribution < 1.29 is 13.2 Å². The number of amides is 2. The van der Waals surface area contributed by atoms with E-state index in [-0.39, 0.29) is 17.8 Å². The molecule has 114 valence electrons. The Morgan fingerprint density at radius 1 is 1.40 bits per heavy atom. The van der Waals surface area contributed by atoms with E-state index in [0.29, 0.717) is 13.0 Å². The fourth-order valence-corrected chi connectivity index (χ4v) is 3.45. The van der Waals surface area contributed by atoms with E-state index < -0.39 is 9.84 Å². The molecule has 7 heteroatoms. The van der Waals surface area contributed by atoms with Crippen LogP contribution in [-0.2, 0) is 16.3 Å². The molecule has 0 aliphatic carbocycles. The Morgan fingerprint density at radius 2 is 2.10 bits per heavy atom. The molecule has 0 aliphatic rings. The maximum absolute atomic E-state index is 11.6. The fourth-order valence-electron chi connectivity index (χ4n) is 1.76. The van der Waals surface area contributed by atoms with Crippen molar-refractivity contribution >= 4 is 27.2 Å². The lowest BCUT2D eigenvalue weighted by molar-refractivity contribution is 0.238. The smallest absolute Gasteiger partial charge is 0.315 e. The third-order valence-corrected chi connectivity index (χ3v) is 4.71. The summed E-state index contributed by atoms with van der Waals surface area (Å²) in [5, 5.41) is 5.51. The van der Waals surface area contributed by atoms with E-state index >= 15 is 0 Å². The Labute approximate surface area is 124 Å². The largest absolute Gasteiger partial charge is 0.338 e. The van der Waals surface area contributed by atoms with Gasteiger partial charge in [-0.15, -0.1) is 11.3 Å². The van der Waals surface area contributed by atoms with Crippen LogP contribution in [0.2, 0.25) is 0 Å². The van der Waals surface area contributed by atoms with Crippen LogP contribution in [0.1, 0.15) is 23.1 Å². The lowest BCUT2D eigenvalue weighted by atomic mass is 10.2. The minimum Gasteiger partial charge on any atom is -0.338 e. The molecule has 0 aliphatic heterocycles. The summed E-state index contributed by atoms with van der Waals surface area (Å²) in [5.74, 6) is 0.0945. The van der Waals surface area contributed by atoms with Crippen molar-refractivity contribution in [3.8, 4) is 0 Å². The van der Waals surface area contributed by atoms with Gasteiger partial charge in [-0.25, -0.2) is 13.2 Å². The maximum atomic E-state index is 11.6. The normalized spacial score (nSPS) is 12.9. The quantitative estimate of drug-likeness (QED) is 0.752. The summed E-state index contributed by atoms with van der Waals surface area (Å²) in [5.41, 5.74) is 0. The van der Waals surface area contributed by atoms with E-state index in [1.807, 2.05) is 6.92 Å². The predicted octanol–water partition coefficient (Wildman–Crippen LogP) is 1.72. The summed E-state index contributed by atoms with van der Waals surface area (Å²) in [4.78, 5) is 14.1. The third-order valence-electron chi connectivity index (χ3n) is 2.66. The highest BCUT2D eigenvalue weighted by Gasteiger charge is 2.09. The van der Waals surface area contributed by atoms with Gasteiger partial charge in [-0.2, -0.15) is 0 Å². The number of hydrogen-bond donors (Lipinski definition) is 2. The molecule has 1 heterocycles. The van der Waals surface area contributed by atoms with Crippen molar-refractivity contribution in [1.82, 2.24) is 10.6 Å². The summed E-state index contributed by atoms with van der Waals surface area (Å²) >= 11 is 1.73. The number of urea groups is 1. The van der Waals surface area contributed by atoms with E-state index in [1.54, 1.807) is 11.3 Å². The highest BCUT2D eigenvalue weighted by Crippen LogP contribution is 2.16. The molecule has 0 radical (unpaired) electrons. The average molecular weight is 318 g/mol. The topological polar surface area (TPSA) is 75.3 Å². The molecule has 0 saturated heterocycles. The number of carbonyl (C=O) groups excluding carboxylic acids is 1. The zero-order valence-electron chi connectivity index (χ0n) is 12.1. The van der Waals surface area contributed by atoms with Crippen molar-refractivity contribution in [3.63, 3.8) is 0 Å². The molecule has 2 N–H and O–H groups in total. The van der Waals surface area contributed by atoms with Gasteiger partial charge in [0.25, 0.3) is 0 Å². The minimum absolute atomic E-state index is 0.0444. The van der Waals surface area contributed by atoms with Crippen LogP contribution in [-0.4, -0.2) is 39.0 Å². The first-order chi connectivity index (χ1) is 9.26. The summed E-state index contributed by atoms with van der Waals surface area (Å²) in [6.07, 6.45) is 2.43. The van der Waals surface area contributed by atoms with Gasteiger partial charge in [0, 0.05) is 35.0 Å². The van der Waals surface area contributed by atoms with Gasteiger partial charge in [0.05, 0.1) is 5.75 Å². The molecule has 1 atom stereocenters. The van der Waals surface area contributed by atoms with Gasteiger partial charge in [-0.1, -0.05) is 0 Å². The van der Waals surface area contributed by atoms with Crippen LogP contribution in [0.5, 0.6) is 0 Å².